The molecule has 0 radical (unpaired) electrons. The topological polar surface area (TPSA) is 42.7 Å². The molecule has 0 amide bonds. The first-order valence-corrected chi connectivity index (χ1v) is 9.04. The Morgan fingerprint density at radius 1 is 1.08 bits per heavy atom. The number of nitrogens with one attached hydrogen (secondary N) is 1. The van der Waals surface area contributed by atoms with Gasteiger partial charge in [0.05, 0.1) is 12.1 Å². The monoisotopic (exact) mass is 382 g/mol. The van der Waals surface area contributed by atoms with Crippen molar-refractivity contribution in [2.75, 3.05) is 5.32 Å². The zero-order chi connectivity index (χ0) is 16.5. The standard InChI is InChI=1S/C19H19BrN4/c1-2-13-3-5-15(6-4-13)18-11-17(14-7-9-16(20)10-8-14)23-19-21-12-22-24(18)19/h3-10,12,17-18H,2,11H2,1H3,(H,21,22,23)/t17-,18-/m0/s1. The van der Waals surface area contributed by atoms with E-state index in [2.05, 4.69) is 86.8 Å². The highest BCUT2D eigenvalue weighted by molar-refractivity contribution is 9.10. The number of halogens is 1. The van der Waals surface area contributed by atoms with Crippen molar-refractivity contribution in [1.29, 1.82) is 0 Å². The van der Waals surface area contributed by atoms with Crippen LogP contribution in [-0.4, -0.2) is 14.8 Å². The lowest BCUT2D eigenvalue weighted by atomic mass is 9.93. The lowest BCUT2D eigenvalue weighted by molar-refractivity contribution is 0.431. The predicted molar refractivity (Wildman–Crippen MR) is 99.1 cm³/mol. The molecule has 1 aliphatic rings. The van der Waals surface area contributed by atoms with E-state index in [1.54, 1.807) is 6.33 Å². The van der Waals surface area contributed by atoms with Crippen LogP contribution in [0.1, 0.15) is 42.1 Å². The summed E-state index contributed by atoms with van der Waals surface area (Å²) in [6, 6.07) is 17.8. The van der Waals surface area contributed by atoms with Gasteiger partial charge in [0.15, 0.2) is 0 Å². The van der Waals surface area contributed by atoms with Crippen LogP contribution in [0.5, 0.6) is 0 Å². The first-order chi connectivity index (χ1) is 11.7. The van der Waals surface area contributed by atoms with Crippen LogP contribution in [-0.2, 0) is 6.42 Å². The minimum Gasteiger partial charge on any atom is -0.348 e. The van der Waals surface area contributed by atoms with E-state index in [0.29, 0.717) is 0 Å². The van der Waals surface area contributed by atoms with E-state index in [1.165, 1.54) is 16.7 Å². The van der Waals surface area contributed by atoms with E-state index in [4.69, 9.17) is 0 Å². The second kappa shape index (κ2) is 6.40. The van der Waals surface area contributed by atoms with Crippen LogP contribution in [0.2, 0.25) is 0 Å². The fraction of sp³-hybridized carbons (Fsp3) is 0.263. The number of fused-ring (bicyclic) bond motifs is 1. The molecule has 0 bridgehead atoms. The van der Waals surface area contributed by atoms with Gasteiger partial charge >= 0.3 is 0 Å². The van der Waals surface area contributed by atoms with Gasteiger partial charge < -0.3 is 5.32 Å². The van der Waals surface area contributed by atoms with E-state index < -0.39 is 0 Å². The van der Waals surface area contributed by atoms with Crippen molar-refractivity contribution < 1.29 is 0 Å². The van der Waals surface area contributed by atoms with Gasteiger partial charge in [-0.3, -0.25) is 0 Å². The third kappa shape index (κ3) is 2.84. The maximum Gasteiger partial charge on any atom is 0.222 e. The first kappa shape index (κ1) is 15.4. The largest absolute Gasteiger partial charge is 0.348 e. The van der Waals surface area contributed by atoms with Crippen molar-refractivity contribution in [2.45, 2.75) is 31.8 Å². The maximum absolute atomic E-state index is 4.43. The summed E-state index contributed by atoms with van der Waals surface area (Å²) in [4.78, 5) is 4.39. The van der Waals surface area contributed by atoms with Gasteiger partial charge in [-0.1, -0.05) is 59.3 Å². The molecule has 4 rings (SSSR count). The van der Waals surface area contributed by atoms with Crippen molar-refractivity contribution in [2.24, 2.45) is 0 Å². The lowest BCUT2D eigenvalue weighted by Crippen LogP contribution is -2.28. The first-order valence-electron chi connectivity index (χ1n) is 8.25. The van der Waals surface area contributed by atoms with Gasteiger partial charge in [0, 0.05) is 4.47 Å². The molecule has 0 saturated heterocycles. The molecular weight excluding hydrogens is 364 g/mol. The molecule has 2 aromatic carbocycles. The second-order valence-corrected chi connectivity index (χ2v) is 7.04. The minimum absolute atomic E-state index is 0.198. The number of anilines is 1. The smallest absolute Gasteiger partial charge is 0.222 e. The third-order valence-electron chi connectivity index (χ3n) is 4.68. The summed E-state index contributed by atoms with van der Waals surface area (Å²) in [6.45, 7) is 2.18. The van der Waals surface area contributed by atoms with Crippen LogP contribution >= 0.6 is 15.9 Å². The highest BCUT2D eigenvalue weighted by Crippen LogP contribution is 2.37. The molecule has 24 heavy (non-hydrogen) atoms. The number of hydrogen-bond donors (Lipinski definition) is 1. The summed E-state index contributed by atoms with van der Waals surface area (Å²) in [5.41, 5.74) is 3.90. The molecule has 2 heterocycles. The van der Waals surface area contributed by atoms with Crippen molar-refractivity contribution in [3.63, 3.8) is 0 Å². The number of benzene rings is 2. The zero-order valence-corrected chi connectivity index (χ0v) is 15.1. The van der Waals surface area contributed by atoms with Gasteiger partial charge in [-0.15, -0.1) is 0 Å². The van der Waals surface area contributed by atoms with Gasteiger partial charge in [-0.2, -0.15) is 10.1 Å². The molecule has 0 spiro atoms. The Morgan fingerprint density at radius 2 is 1.79 bits per heavy atom. The van der Waals surface area contributed by atoms with Crippen molar-refractivity contribution in [3.8, 4) is 0 Å². The van der Waals surface area contributed by atoms with Gasteiger partial charge in [0.25, 0.3) is 0 Å². The maximum atomic E-state index is 4.43. The number of nitrogens with zero attached hydrogens (tertiary/aromatic N) is 3. The molecule has 0 saturated carbocycles. The summed E-state index contributed by atoms with van der Waals surface area (Å²) >= 11 is 3.50. The number of aromatic nitrogens is 3. The summed E-state index contributed by atoms with van der Waals surface area (Å²) in [5.74, 6) is 0.832. The molecule has 1 aromatic heterocycles. The Morgan fingerprint density at radius 3 is 2.50 bits per heavy atom. The number of hydrogen-bond acceptors (Lipinski definition) is 3. The van der Waals surface area contributed by atoms with Crippen LogP contribution in [0.15, 0.2) is 59.3 Å². The Hall–Kier alpha value is -2.14. The van der Waals surface area contributed by atoms with Crippen LogP contribution in [0, 0.1) is 0 Å². The van der Waals surface area contributed by atoms with Crippen molar-refractivity contribution in [3.05, 3.63) is 76.0 Å². The van der Waals surface area contributed by atoms with Gasteiger partial charge in [-0.25, -0.2) is 4.68 Å². The van der Waals surface area contributed by atoms with E-state index in [0.717, 1.165) is 23.3 Å². The van der Waals surface area contributed by atoms with Crippen LogP contribution in [0.25, 0.3) is 0 Å². The third-order valence-corrected chi connectivity index (χ3v) is 5.20. The molecule has 122 valence electrons. The van der Waals surface area contributed by atoms with Crippen molar-refractivity contribution >= 4 is 21.9 Å². The van der Waals surface area contributed by atoms with Crippen LogP contribution < -0.4 is 5.32 Å². The van der Waals surface area contributed by atoms with Crippen LogP contribution in [0.3, 0.4) is 0 Å². The van der Waals surface area contributed by atoms with E-state index >= 15 is 0 Å². The molecule has 4 nitrogen and oxygen atoms in total. The number of aryl methyl sites for hydroxylation is 1. The van der Waals surface area contributed by atoms with Gasteiger partial charge in [0.2, 0.25) is 5.95 Å². The molecule has 1 aliphatic heterocycles. The Kier molecular flexibility index (Phi) is 4.10. The van der Waals surface area contributed by atoms with E-state index in [1.807, 2.05) is 4.68 Å². The highest BCUT2D eigenvalue weighted by atomic mass is 79.9. The highest BCUT2D eigenvalue weighted by Gasteiger charge is 2.29. The number of rotatable bonds is 3. The fourth-order valence-electron chi connectivity index (χ4n) is 3.29. The Bertz CT molecular complexity index is 823. The molecule has 2 atom stereocenters. The molecule has 0 fully saturated rings. The summed E-state index contributed by atoms with van der Waals surface area (Å²) in [5, 5.41) is 7.94. The van der Waals surface area contributed by atoms with Gasteiger partial charge in [0.1, 0.15) is 6.33 Å². The molecule has 0 aliphatic carbocycles. The quantitative estimate of drug-likeness (QED) is 0.710. The fourth-order valence-corrected chi connectivity index (χ4v) is 3.55. The molecular formula is C19H19BrN4. The SMILES string of the molecule is CCc1ccc([C@@H]2C[C@@H](c3ccc(Br)cc3)Nc3ncnn32)cc1. The zero-order valence-electron chi connectivity index (χ0n) is 13.5. The summed E-state index contributed by atoms with van der Waals surface area (Å²) in [7, 11) is 0. The molecule has 1 N–H and O–H groups in total. The van der Waals surface area contributed by atoms with E-state index in [-0.39, 0.29) is 12.1 Å². The molecule has 3 aromatic rings. The second-order valence-electron chi connectivity index (χ2n) is 6.12. The molecule has 0 unspecified atom stereocenters. The van der Waals surface area contributed by atoms with Gasteiger partial charge in [-0.05, 0) is 41.7 Å². The average Bonchev–Trinajstić information content (AvgIpc) is 3.10. The van der Waals surface area contributed by atoms with E-state index in [9.17, 15) is 0 Å². The lowest BCUT2D eigenvalue weighted by Gasteiger charge is -2.32. The Balaban J connectivity index is 1.69. The average molecular weight is 383 g/mol. The summed E-state index contributed by atoms with van der Waals surface area (Å²) < 4.78 is 3.09. The minimum atomic E-state index is 0.198. The van der Waals surface area contributed by atoms with Crippen molar-refractivity contribution in [1.82, 2.24) is 14.8 Å². The Labute approximate surface area is 150 Å². The predicted octanol–water partition coefficient (Wildman–Crippen LogP) is 4.75. The molecule has 5 heteroatoms. The summed E-state index contributed by atoms with van der Waals surface area (Å²) in [6.07, 6.45) is 3.63. The normalized spacial score (nSPS) is 19.6. The van der Waals surface area contributed by atoms with Crippen LogP contribution in [0.4, 0.5) is 5.95 Å².